The molecule has 0 atom stereocenters. The zero-order chi connectivity index (χ0) is 20.2. The van der Waals surface area contributed by atoms with Crippen LogP contribution in [-0.4, -0.2) is 15.0 Å². The summed E-state index contributed by atoms with van der Waals surface area (Å²) in [5.41, 5.74) is 5.60. The van der Waals surface area contributed by atoms with Gasteiger partial charge < -0.3 is 9.72 Å². The molecular weight excluding hydrogens is 370 g/mol. The Kier molecular flexibility index (Phi) is 5.13. The van der Waals surface area contributed by atoms with Crippen molar-refractivity contribution >= 4 is 21.8 Å². The Balaban J connectivity index is 1.23. The van der Waals surface area contributed by atoms with Crippen molar-refractivity contribution in [2.75, 3.05) is 0 Å². The summed E-state index contributed by atoms with van der Waals surface area (Å²) in [5, 5.41) is 2.32. The van der Waals surface area contributed by atoms with Gasteiger partial charge in [0.25, 0.3) is 0 Å². The maximum Gasteiger partial charge on any atom is 0.130 e. The quantitative estimate of drug-likeness (QED) is 0.376. The molecule has 0 unspecified atom stereocenters. The Morgan fingerprint density at radius 3 is 2.73 bits per heavy atom. The summed E-state index contributed by atoms with van der Waals surface area (Å²) in [6.07, 6.45) is 6.91. The molecule has 0 aliphatic carbocycles. The predicted molar refractivity (Wildman–Crippen MR) is 121 cm³/mol. The summed E-state index contributed by atoms with van der Waals surface area (Å²) >= 11 is 0. The molecule has 3 heterocycles. The molecule has 5 rings (SSSR count). The van der Waals surface area contributed by atoms with Gasteiger partial charge in [-0.25, -0.2) is 4.98 Å². The summed E-state index contributed by atoms with van der Waals surface area (Å²) in [6, 6.07) is 24.8. The van der Waals surface area contributed by atoms with Gasteiger partial charge in [0.2, 0.25) is 0 Å². The van der Waals surface area contributed by atoms with E-state index in [9.17, 15) is 0 Å². The highest BCUT2D eigenvalue weighted by atomic mass is 16.5. The van der Waals surface area contributed by atoms with E-state index in [0.29, 0.717) is 6.61 Å². The van der Waals surface area contributed by atoms with Crippen molar-refractivity contribution in [3.05, 3.63) is 102 Å². The van der Waals surface area contributed by atoms with Crippen LogP contribution in [0.25, 0.3) is 21.8 Å². The minimum Gasteiger partial charge on any atom is -0.487 e. The van der Waals surface area contributed by atoms with Gasteiger partial charge in [0, 0.05) is 34.4 Å². The summed E-state index contributed by atoms with van der Waals surface area (Å²) in [4.78, 5) is 12.4. The molecule has 4 nitrogen and oxygen atoms in total. The van der Waals surface area contributed by atoms with Crippen molar-refractivity contribution in [3.8, 4) is 5.75 Å². The predicted octanol–water partition coefficient (Wildman–Crippen LogP) is 5.87. The van der Waals surface area contributed by atoms with Crippen LogP contribution >= 0.6 is 0 Å². The SMILES string of the molecule is c1cncc(CCCc2cc3cc(OCc4ccc5ccccc5n4)ccc3[nH]2)c1. The minimum absolute atomic E-state index is 0.457. The molecule has 0 saturated heterocycles. The second-order valence-corrected chi connectivity index (χ2v) is 7.54. The Labute approximate surface area is 175 Å². The number of aromatic nitrogens is 3. The molecule has 30 heavy (non-hydrogen) atoms. The van der Waals surface area contributed by atoms with E-state index in [4.69, 9.17) is 4.74 Å². The maximum atomic E-state index is 6.01. The van der Waals surface area contributed by atoms with Gasteiger partial charge in [0.1, 0.15) is 12.4 Å². The second-order valence-electron chi connectivity index (χ2n) is 7.54. The van der Waals surface area contributed by atoms with Crippen LogP contribution in [0.15, 0.2) is 85.2 Å². The summed E-state index contributed by atoms with van der Waals surface area (Å²) < 4.78 is 6.01. The first kappa shape index (κ1) is 18.4. The lowest BCUT2D eigenvalue weighted by atomic mass is 10.1. The molecule has 5 aromatic rings. The van der Waals surface area contributed by atoms with Crippen molar-refractivity contribution in [1.29, 1.82) is 0 Å². The van der Waals surface area contributed by atoms with Crippen molar-refractivity contribution in [2.24, 2.45) is 0 Å². The molecule has 0 aliphatic heterocycles. The van der Waals surface area contributed by atoms with E-state index in [1.54, 1.807) is 0 Å². The van der Waals surface area contributed by atoms with Crippen LogP contribution in [0.4, 0.5) is 0 Å². The summed E-state index contributed by atoms with van der Waals surface area (Å²) in [5.74, 6) is 0.860. The maximum absolute atomic E-state index is 6.01. The molecule has 1 N–H and O–H groups in total. The largest absolute Gasteiger partial charge is 0.487 e. The monoisotopic (exact) mass is 393 g/mol. The van der Waals surface area contributed by atoms with Gasteiger partial charge in [0.15, 0.2) is 0 Å². The highest BCUT2D eigenvalue weighted by Gasteiger charge is 2.05. The lowest BCUT2D eigenvalue weighted by Gasteiger charge is -2.07. The topological polar surface area (TPSA) is 50.8 Å². The van der Waals surface area contributed by atoms with E-state index in [0.717, 1.165) is 47.1 Å². The number of pyridine rings is 2. The fourth-order valence-electron chi connectivity index (χ4n) is 3.77. The molecule has 4 heteroatoms. The Hall–Kier alpha value is -3.66. The van der Waals surface area contributed by atoms with Crippen LogP contribution in [0.5, 0.6) is 5.75 Å². The highest BCUT2D eigenvalue weighted by Crippen LogP contribution is 2.23. The number of nitrogens with zero attached hydrogens (tertiary/aromatic N) is 2. The number of para-hydroxylation sites is 1. The number of rotatable bonds is 7. The summed E-state index contributed by atoms with van der Waals surface area (Å²) in [7, 11) is 0. The molecule has 0 bridgehead atoms. The molecule has 148 valence electrons. The van der Waals surface area contributed by atoms with Crippen molar-refractivity contribution in [3.63, 3.8) is 0 Å². The van der Waals surface area contributed by atoms with Crippen molar-refractivity contribution in [2.45, 2.75) is 25.9 Å². The van der Waals surface area contributed by atoms with Crippen molar-refractivity contribution < 1.29 is 4.74 Å². The third-order valence-corrected chi connectivity index (χ3v) is 5.33. The van der Waals surface area contributed by atoms with E-state index in [2.05, 4.69) is 51.4 Å². The van der Waals surface area contributed by atoms with Gasteiger partial charge in [-0.1, -0.05) is 30.3 Å². The molecule has 0 radical (unpaired) electrons. The van der Waals surface area contributed by atoms with Gasteiger partial charge >= 0.3 is 0 Å². The number of ether oxygens (including phenoxy) is 1. The molecule has 0 fully saturated rings. The zero-order valence-corrected chi connectivity index (χ0v) is 16.7. The average molecular weight is 393 g/mol. The molecule has 3 aromatic heterocycles. The Bertz CT molecular complexity index is 1280. The third-order valence-electron chi connectivity index (χ3n) is 5.33. The smallest absolute Gasteiger partial charge is 0.130 e. The lowest BCUT2D eigenvalue weighted by Crippen LogP contribution is -1.98. The molecular formula is C26H23N3O. The Morgan fingerprint density at radius 1 is 0.833 bits per heavy atom. The molecule has 0 spiro atoms. The molecule has 0 saturated carbocycles. The first-order valence-corrected chi connectivity index (χ1v) is 10.3. The van der Waals surface area contributed by atoms with Gasteiger partial charge in [0.05, 0.1) is 11.2 Å². The van der Waals surface area contributed by atoms with E-state index >= 15 is 0 Å². The standard InChI is InChI=1S/C26H23N3O/c1-2-9-25-20(7-1)10-11-23(29-25)18-30-24-12-13-26-21(16-24)15-22(28-26)8-3-5-19-6-4-14-27-17-19/h1-2,4,6-7,9-17,28H,3,5,8,18H2. The first-order valence-electron chi connectivity index (χ1n) is 10.3. The number of nitrogens with one attached hydrogen (secondary N) is 1. The van der Waals surface area contributed by atoms with E-state index < -0.39 is 0 Å². The number of benzene rings is 2. The fourth-order valence-corrected chi connectivity index (χ4v) is 3.77. The van der Waals surface area contributed by atoms with Gasteiger partial charge in [-0.15, -0.1) is 0 Å². The minimum atomic E-state index is 0.457. The fraction of sp³-hybridized carbons (Fsp3) is 0.154. The highest BCUT2D eigenvalue weighted by molar-refractivity contribution is 5.82. The van der Waals surface area contributed by atoms with Gasteiger partial charge in [-0.05, 0) is 67.3 Å². The number of hydrogen-bond acceptors (Lipinski definition) is 3. The van der Waals surface area contributed by atoms with E-state index in [-0.39, 0.29) is 0 Å². The second kappa shape index (κ2) is 8.37. The molecule has 0 amide bonds. The van der Waals surface area contributed by atoms with Crippen LogP contribution < -0.4 is 4.74 Å². The number of aryl methyl sites for hydroxylation is 2. The van der Waals surface area contributed by atoms with Crippen LogP contribution in [0, 0.1) is 0 Å². The van der Waals surface area contributed by atoms with Gasteiger partial charge in [-0.2, -0.15) is 0 Å². The van der Waals surface area contributed by atoms with Crippen LogP contribution in [0.1, 0.15) is 23.4 Å². The van der Waals surface area contributed by atoms with Crippen LogP contribution in [-0.2, 0) is 19.4 Å². The average Bonchev–Trinajstić information content (AvgIpc) is 3.20. The normalized spacial score (nSPS) is 11.2. The third kappa shape index (κ3) is 4.18. The molecule has 0 aliphatic rings. The lowest BCUT2D eigenvalue weighted by molar-refractivity contribution is 0.302. The van der Waals surface area contributed by atoms with Crippen LogP contribution in [0.2, 0.25) is 0 Å². The van der Waals surface area contributed by atoms with E-state index in [1.165, 1.54) is 16.6 Å². The van der Waals surface area contributed by atoms with E-state index in [1.807, 2.05) is 48.8 Å². The first-order chi connectivity index (χ1) is 14.8. The van der Waals surface area contributed by atoms with Crippen LogP contribution in [0.3, 0.4) is 0 Å². The molecule has 2 aromatic carbocycles. The van der Waals surface area contributed by atoms with Crippen molar-refractivity contribution in [1.82, 2.24) is 15.0 Å². The number of hydrogen-bond donors (Lipinski definition) is 1. The number of H-pyrrole nitrogens is 1. The zero-order valence-electron chi connectivity index (χ0n) is 16.7. The van der Waals surface area contributed by atoms with Gasteiger partial charge in [-0.3, -0.25) is 4.98 Å². The Morgan fingerprint density at radius 2 is 1.80 bits per heavy atom. The number of fused-ring (bicyclic) bond motifs is 2. The number of aromatic amines is 1. The summed E-state index contributed by atoms with van der Waals surface area (Å²) in [6.45, 7) is 0.457.